The van der Waals surface area contributed by atoms with E-state index in [2.05, 4.69) is 15.5 Å². The Kier molecular flexibility index (Phi) is 13.8. The van der Waals surface area contributed by atoms with E-state index in [1.807, 2.05) is 54.6 Å². The van der Waals surface area contributed by atoms with Crippen LogP contribution in [0.5, 0.6) is 0 Å². The zero-order valence-electron chi connectivity index (χ0n) is 35.2. The molecule has 16 heteroatoms. The molecule has 2 fully saturated rings. The van der Waals surface area contributed by atoms with E-state index in [1.54, 1.807) is 26.0 Å². The summed E-state index contributed by atoms with van der Waals surface area (Å²) in [6.45, 7) is 5.58. The summed E-state index contributed by atoms with van der Waals surface area (Å²) < 4.78 is 80.9. The van der Waals surface area contributed by atoms with Crippen molar-refractivity contribution in [3.05, 3.63) is 198 Å². The smallest absolute Gasteiger partial charge is 0.349 e. The lowest BCUT2D eigenvalue weighted by Gasteiger charge is -2.32. The maximum Gasteiger partial charge on any atom is 0.416 e. The normalized spacial score (nSPS) is 16.6. The van der Waals surface area contributed by atoms with Crippen molar-refractivity contribution >= 4 is 23.4 Å². The second kappa shape index (κ2) is 19.3. The van der Waals surface area contributed by atoms with Crippen LogP contribution in [-0.4, -0.2) is 51.0 Å². The van der Waals surface area contributed by atoms with Gasteiger partial charge in [-0.3, -0.25) is 33.2 Å². The molecule has 0 bridgehead atoms. The number of nitrogens with one attached hydrogen (secondary N) is 2. The molecule has 3 heterocycles. The van der Waals surface area contributed by atoms with E-state index in [0.29, 0.717) is 16.4 Å². The van der Waals surface area contributed by atoms with Gasteiger partial charge in [-0.2, -0.15) is 26.3 Å². The van der Waals surface area contributed by atoms with Gasteiger partial charge in [0, 0.05) is 65.4 Å². The third kappa shape index (κ3) is 11.3. The van der Waals surface area contributed by atoms with E-state index in [4.69, 9.17) is 11.6 Å². The molecule has 1 unspecified atom stereocenters. The minimum Gasteiger partial charge on any atom is -0.349 e. The van der Waals surface area contributed by atoms with Crippen LogP contribution in [-0.2, 0) is 18.9 Å². The van der Waals surface area contributed by atoms with Gasteiger partial charge in [-0.25, -0.2) is 0 Å². The number of likely N-dealkylation sites (tertiary alicyclic amines) is 1. The van der Waals surface area contributed by atoms with Gasteiger partial charge in [-0.15, -0.1) is 0 Å². The standard InChI is InChI=1S/C26H25ClF3N3O2.C23H19F3N2O2/c1-17-5-10-23(25(35)33(17)22-4-2-3-19(15-22)26(28,29)30)24(34)31-21-11-13-32(14-12-21)16-18-6-8-20(27)9-7-18;1-14-10-11-18(21(29)27-20-13-19(20)15-6-3-2-4-7-15)22(30)28(14)17-9-5-8-16(12-17)23(24,25)26/h2-10,15,21H,11-14,16H2,1H3,(H,31,34);2-12,19-20H,13H2,1H3,(H,27,29)/t;19-,20?/m.1/s1. The summed E-state index contributed by atoms with van der Waals surface area (Å²) in [5.74, 6) is -0.845. The molecule has 2 amide bonds. The summed E-state index contributed by atoms with van der Waals surface area (Å²) in [5, 5.41) is 6.48. The van der Waals surface area contributed by atoms with Crippen LogP contribution >= 0.6 is 11.6 Å². The topological polar surface area (TPSA) is 105 Å². The predicted molar refractivity (Wildman–Crippen MR) is 236 cm³/mol. The highest BCUT2D eigenvalue weighted by molar-refractivity contribution is 6.30. The molecular formula is C49H44ClF6N5O4. The Hall–Kier alpha value is -6.45. The Labute approximate surface area is 375 Å². The molecule has 0 radical (unpaired) electrons. The van der Waals surface area contributed by atoms with Crippen LogP contribution in [0.25, 0.3) is 11.4 Å². The van der Waals surface area contributed by atoms with Gasteiger partial charge in [0.15, 0.2) is 0 Å². The third-order valence-corrected chi connectivity index (χ3v) is 11.7. The fourth-order valence-electron chi connectivity index (χ4n) is 7.91. The Morgan fingerprint density at radius 1 is 0.631 bits per heavy atom. The summed E-state index contributed by atoms with van der Waals surface area (Å²) >= 11 is 5.94. The van der Waals surface area contributed by atoms with Gasteiger partial charge in [0.25, 0.3) is 22.9 Å². The molecule has 9 nitrogen and oxygen atoms in total. The fraction of sp³-hybridized carbons (Fsp3) is 0.265. The van der Waals surface area contributed by atoms with Crippen LogP contribution in [0.4, 0.5) is 26.3 Å². The maximum absolute atomic E-state index is 13.2. The highest BCUT2D eigenvalue weighted by atomic mass is 35.5. The van der Waals surface area contributed by atoms with Crippen molar-refractivity contribution in [3.8, 4) is 11.4 Å². The summed E-state index contributed by atoms with van der Waals surface area (Å²) in [7, 11) is 0. The van der Waals surface area contributed by atoms with E-state index in [1.165, 1.54) is 36.4 Å². The number of halogens is 7. The average Bonchev–Trinajstić information content (AvgIpc) is 4.04. The maximum atomic E-state index is 13.2. The molecule has 4 aromatic carbocycles. The first-order valence-electron chi connectivity index (χ1n) is 20.8. The van der Waals surface area contributed by atoms with E-state index in [0.717, 1.165) is 83.4 Å². The zero-order chi connectivity index (χ0) is 46.6. The molecule has 0 spiro atoms. The highest BCUT2D eigenvalue weighted by Crippen LogP contribution is 2.40. The monoisotopic (exact) mass is 915 g/mol. The number of amides is 2. The first kappa shape index (κ1) is 46.5. The zero-order valence-corrected chi connectivity index (χ0v) is 36.0. The van der Waals surface area contributed by atoms with Crippen LogP contribution in [0.1, 0.15) is 79.5 Å². The quantitative estimate of drug-likeness (QED) is 0.141. The number of carbonyl (C=O) groups excluding carboxylic acids is 2. The molecule has 65 heavy (non-hydrogen) atoms. The van der Waals surface area contributed by atoms with Crippen LogP contribution in [0.3, 0.4) is 0 Å². The lowest BCUT2D eigenvalue weighted by molar-refractivity contribution is -0.138. The number of nitrogens with zero attached hydrogens (tertiary/aromatic N) is 3. The van der Waals surface area contributed by atoms with Crippen molar-refractivity contribution in [2.75, 3.05) is 13.1 Å². The third-order valence-electron chi connectivity index (χ3n) is 11.5. The number of rotatable bonds is 9. The Morgan fingerprint density at radius 3 is 1.62 bits per heavy atom. The van der Waals surface area contributed by atoms with E-state index < -0.39 is 46.4 Å². The van der Waals surface area contributed by atoms with Crippen LogP contribution in [0.15, 0.2) is 137 Å². The van der Waals surface area contributed by atoms with Gasteiger partial charge in [0.1, 0.15) is 11.1 Å². The lowest BCUT2D eigenvalue weighted by Crippen LogP contribution is -2.45. The summed E-state index contributed by atoms with van der Waals surface area (Å²) in [5.41, 5.74) is 0.0547. The minimum absolute atomic E-state index is 0.0625. The molecular weight excluding hydrogens is 872 g/mol. The number of hydrogen-bond donors (Lipinski definition) is 2. The van der Waals surface area contributed by atoms with Gasteiger partial charge >= 0.3 is 12.4 Å². The number of hydrogen-bond acceptors (Lipinski definition) is 5. The number of benzene rings is 4. The molecule has 2 N–H and O–H groups in total. The molecule has 8 rings (SSSR count). The largest absolute Gasteiger partial charge is 0.416 e. The second-order valence-electron chi connectivity index (χ2n) is 16.1. The molecule has 2 aromatic heterocycles. The summed E-state index contributed by atoms with van der Waals surface area (Å²) in [6, 6.07) is 32.3. The molecule has 338 valence electrons. The molecule has 2 aliphatic rings. The highest BCUT2D eigenvalue weighted by Gasteiger charge is 2.40. The van der Waals surface area contributed by atoms with E-state index in [-0.39, 0.29) is 40.5 Å². The van der Waals surface area contributed by atoms with Crippen LogP contribution in [0.2, 0.25) is 5.02 Å². The Balaban J connectivity index is 0.000000196. The van der Waals surface area contributed by atoms with Gasteiger partial charge in [-0.05, 0) is 117 Å². The number of aryl methyl sites for hydroxylation is 2. The van der Waals surface area contributed by atoms with E-state index in [9.17, 15) is 45.5 Å². The molecule has 1 aliphatic carbocycles. The molecule has 2 atom stereocenters. The summed E-state index contributed by atoms with van der Waals surface area (Å²) in [4.78, 5) is 54.0. The molecule has 1 saturated heterocycles. The first-order chi connectivity index (χ1) is 30.9. The Morgan fingerprint density at radius 2 is 1.12 bits per heavy atom. The second-order valence-corrected chi connectivity index (χ2v) is 16.6. The summed E-state index contributed by atoms with van der Waals surface area (Å²) in [6.07, 6.45) is -6.82. The van der Waals surface area contributed by atoms with Crippen molar-refractivity contribution < 1.29 is 35.9 Å². The predicted octanol–water partition coefficient (Wildman–Crippen LogP) is 9.66. The van der Waals surface area contributed by atoms with Crippen molar-refractivity contribution in [3.63, 3.8) is 0 Å². The SMILES string of the molecule is Cc1ccc(C(=O)NC2CCN(Cc3ccc(Cl)cc3)CC2)c(=O)n1-c1cccc(C(F)(F)F)c1.Cc1ccc(C(=O)NC2C[C@@H]2c2ccccc2)c(=O)n1-c1cccc(C(F)(F)F)c1. The van der Waals surface area contributed by atoms with Crippen molar-refractivity contribution in [1.82, 2.24) is 24.7 Å². The van der Waals surface area contributed by atoms with Crippen molar-refractivity contribution in [2.24, 2.45) is 0 Å². The number of piperidine rings is 1. The number of carbonyl (C=O) groups is 2. The van der Waals surface area contributed by atoms with Gasteiger partial charge in [-0.1, -0.05) is 66.2 Å². The lowest BCUT2D eigenvalue weighted by atomic mass is 10.0. The number of pyridine rings is 2. The van der Waals surface area contributed by atoms with E-state index >= 15 is 0 Å². The average molecular weight is 916 g/mol. The van der Waals surface area contributed by atoms with Gasteiger partial charge < -0.3 is 10.6 Å². The number of aromatic nitrogens is 2. The first-order valence-corrected chi connectivity index (χ1v) is 21.2. The Bertz CT molecular complexity index is 2800. The van der Waals surface area contributed by atoms with Crippen LogP contribution in [0, 0.1) is 13.8 Å². The van der Waals surface area contributed by atoms with Crippen molar-refractivity contribution in [2.45, 2.75) is 70.0 Å². The number of alkyl halides is 6. The minimum atomic E-state index is -4.54. The fourth-order valence-corrected chi connectivity index (χ4v) is 8.03. The molecule has 1 aliphatic heterocycles. The van der Waals surface area contributed by atoms with Gasteiger partial charge in [0.05, 0.1) is 11.1 Å². The molecule has 1 saturated carbocycles. The molecule has 6 aromatic rings. The van der Waals surface area contributed by atoms with Crippen molar-refractivity contribution in [1.29, 1.82) is 0 Å². The van der Waals surface area contributed by atoms with Crippen LogP contribution < -0.4 is 21.8 Å². The van der Waals surface area contributed by atoms with Gasteiger partial charge in [0.2, 0.25) is 0 Å².